The number of rotatable bonds is 6. The van der Waals surface area contributed by atoms with Gasteiger partial charge >= 0.3 is 0 Å². The molecule has 1 rings (SSSR count). The van der Waals surface area contributed by atoms with Crippen molar-refractivity contribution in [3.8, 4) is 0 Å². The number of hydrogen-bond acceptors (Lipinski definition) is 4. The number of thiophene rings is 1. The van der Waals surface area contributed by atoms with Gasteiger partial charge < -0.3 is 4.74 Å². The fourth-order valence-corrected chi connectivity index (χ4v) is 2.27. The van der Waals surface area contributed by atoms with Crippen LogP contribution in [0.2, 0.25) is 0 Å². The lowest BCUT2D eigenvalue weighted by Gasteiger charge is -2.16. The summed E-state index contributed by atoms with van der Waals surface area (Å²) in [5.41, 5.74) is 4.14. The van der Waals surface area contributed by atoms with Crippen molar-refractivity contribution in [1.29, 1.82) is 0 Å². The van der Waals surface area contributed by atoms with E-state index in [1.807, 2.05) is 0 Å². The minimum absolute atomic E-state index is 0.243. The maximum Gasteiger partial charge on any atom is 0.0543 e. The Kier molecular flexibility index (Phi) is 5.25. The molecule has 1 aromatic heterocycles. The Labute approximate surface area is 95.6 Å². The van der Waals surface area contributed by atoms with Crippen LogP contribution in [0.5, 0.6) is 0 Å². The van der Waals surface area contributed by atoms with Crippen molar-refractivity contribution in [3.63, 3.8) is 0 Å². The summed E-state index contributed by atoms with van der Waals surface area (Å²) in [5, 5.41) is 2.16. The molecule has 3 nitrogen and oxygen atoms in total. The van der Waals surface area contributed by atoms with E-state index in [0.717, 1.165) is 12.8 Å². The monoisotopic (exact) mass is 228 g/mol. The third-order valence-electron chi connectivity index (χ3n) is 2.62. The second kappa shape index (κ2) is 6.23. The molecule has 0 aliphatic carbocycles. The van der Waals surface area contributed by atoms with Crippen LogP contribution in [0.3, 0.4) is 0 Å². The maximum absolute atomic E-state index is 5.56. The Balaban J connectivity index is 2.49. The van der Waals surface area contributed by atoms with Gasteiger partial charge in [0.15, 0.2) is 0 Å². The fraction of sp³-hybridized carbons (Fsp3) is 0.636. The normalized spacial score (nSPS) is 15.2. The molecular formula is C11H20N2OS. The molecule has 4 heteroatoms. The van der Waals surface area contributed by atoms with Crippen LogP contribution >= 0.6 is 11.3 Å². The molecule has 0 saturated carbocycles. The summed E-state index contributed by atoms with van der Waals surface area (Å²) in [4.78, 5) is 1.32. The summed E-state index contributed by atoms with van der Waals surface area (Å²) in [5.74, 6) is 5.56. The summed E-state index contributed by atoms with van der Waals surface area (Å²) in [6.45, 7) is 4.19. The summed E-state index contributed by atoms with van der Waals surface area (Å²) in [6, 6.07) is 2.43. The van der Waals surface area contributed by atoms with Gasteiger partial charge in [0, 0.05) is 18.0 Å². The van der Waals surface area contributed by atoms with E-state index >= 15 is 0 Å². The van der Waals surface area contributed by atoms with E-state index in [0.29, 0.717) is 6.10 Å². The Morgan fingerprint density at radius 3 is 2.73 bits per heavy atom. The molecule has 0 radical (unpaired) electrons. The van der Waals surface area contributed by atoms with Crippen LogP contribution in [0.15, 0.2) is 11.4 Å². The van der Waals surface area contributed by atoms with Crippen molar-refractivity contribution in [2.24, 2.45) is 5.84 Å². The van der Waals surface area contributed by atoms with E-state index in [-0.39, 0.29) is 6.04 Å². The van der Waals surface area contributed by atoms with Crippen LogP contribution < -0.4 is 11.3 Å². The molecule has 3 N–H and O–H groups in total. The molecule has 0 amide bonds. The molecule has 0 bridgehead atoms. The summed E-state index contributed by atoms with van der Waals surface area (Å²) >= 11 is 1.76. The molecule has 86 valence electrons. The number of ether oxygens (including phenoxy) is 1. The van der Waals surface area contributed by atoms with Crippen LogP contribution in [-0.2, 0) is 4.74 Å². The van der Waals surface area contributed by atoms with Crippen LogP contribution in [0.4, 0.5) is 0 Å². The average molecular weight is 228 g/mol. The highest BCUT2D eigenvalue weighted by molar-refractivity contribution is 7.10. The Morgan fingerprint density at radius 1 is 1.53 bits per heavy atom. The molecule has 0 aromatic carbocycles. The summed E-state index contributed by atoms with van der Waals surface area (Å²) in [7, 11) is 1.74. The molecule has 0 aliphatic rings. The van der Waals surface area contributed by atoms with E-state index < -0.39 is 0 Å². The third-order valence-corrected chi connectivity index (χ3v) is 3.50. The first-order valence-electron chi connectivity index (χ1n) is 5.21. The van der Waals surface area contributed by atoms with Crippen molar-refractivity contribution < 1.29 is 4.74 Å². The van der Waals surface area contributed by atoms with E-state index in [1.54, 1.807) is 18.4 Å². The van der Waals surface area contributed by atoms with Crippen molar-refractivity contribution in [3.05, 3.63) is 21.9 Å². The predicted octanol–water partition coefficient (Wildman–Crippen LogP) is 2.38. The van der Waals surface area contributed by atoms with E-state index in [1.165, 1.54) is 10.4 Å². The lowest BCUT2D eigenvalue weighted by Crippen LogP contribution is -2.28. The zero-order valence-corrected chi connectivity index (χ0v) is 10.4. The average Bonchev–Trinajstić information content (AvgIpc) is 2.65. The highest BCUT2D eigenvalue weighted by atomic mass is 32.1. The predicted molar refractivity (Wildman–Crippen MR) is 64.8 cm³/mol. The lowest BCUT2D eigenvalue weighted by molar-refractivity contribution is 0.106. The fourth-order valence-electron chi connectivity index (χ4n) is 1.51. The molecule has 2 atom stereocenters. The molecule has 0 fully saturated rings. The van der Waals surface area contributed by atoms with Gasteiger partial charge in [0.25, 0.3) is 0 Å². The summed E-state index contributed by atoms with van der Waals surface area (Å²) < 4.78 is 5.22. The second-order valence-corrected chi connectivity index (χ2v) is 4.95. The van der Waals surface area contributed by atoms with Gasteiger partial charge in [-0.1, -0.05) is 0 Å². The van der Waals surface area contributed by atoms with Gasteiger partial charge in [-0.05, 0) is 43.7 Å². The van der Waals surface area contributed by atoms with Gasteiger partial charge in [-0.3, -0.25) is 11.3 Å². The quantitative estimate of drug-likeness (QED) is 0.580. The first-order chi connectivity index (χ1) is 7.17. The van der Waals surface area contributed by atoms with Gasteiger partial charge in [0.2, 0.25) is 0 Å². The van der Waals surface area contributed by atoms with E-state index in [2.05, 4.69) is 30.7 Å². The van der Waals surface area contributed by atoms with Gasteiger partial charge in [-0.25, -0.2) is 0 Å². The van der Waals surface area contributed by atoms with E-state index in [9.17, 15) is 0 Å². The van der Waals surface area contributed by atoms with Gasteiger partial charge in [-0.2, -0.15) is 0 Å². The summed E-state index contributed by atoms with van der Waals surface area (Å²) in [6.07, 6.45) is 2.31. The minimum atomic E-state index is 0.243. The smallest absolute Gasteiger partial charge is 0.0543 e. The van der Waals surface area contributed by atoms with Crippen LogP contribution in [-0.4, -0.2) is 13.2 Å². The standard InChI is InChI=1S/C11H20N2OS/c1-8(14-3)4-5-11(13-12)10-6-9(2)15-7-10/h6-8,11,13H,4-5,12H2,1-3H3. The molecular weight excluding hydrogens is 208 g/mol. The number of nitrogens with two attached hydrogens (primary N) is 1. The van der Waals surface area contributed by atoms with Crippen molar-refractivity contribution in [1.82, 2.24) is 5.43 Å². The minimum Gasteiger partial charge on any atom is -0.382 e. The molecule has 1 heterocycles. The number of nitrogens with one attached hydrogen (secondary N) is 1. The second-order valence-electron chi connectivity index (χ2n) is 3.83. The largest absolute Gasteiger partial charge is 0.382 e. The number of hydrazine groups is 1. The van der Waals surface area contributed by atoms with Crippen LogP contribution in [0, 0.1) is 6.92 Å². The lowest BCUT2D eigenvalue weighted by atomic mass is 10.0. The SMILES string of the molecule is COC(C)CCC(NN)c1csc(C)c1. The maximum atomic E-state index is 5.56. The van der Waals surface area contributed by atoms with Crippen molar-refractivity contribution >= 4 is 11.3 Å². The Morgan fingerprint density at radius 2 is 2.27 bits per heavy atom. The topological polar surface area (TPSA) is 47.3 Å². The Hall–Kier alpha value is -0.420. The molecule has 0 aliphatic heterocycles. The zero-order chi connectivity index (χ0) is 11.3. The highest BCUT2D eigenvalue weighted by Gasteiger charge is 2.12. The first-order valence-corrected chi connectivity index (χ1v) is 6.09. The molecule has 0 spiro atoms. The van der Waals surface area contributed by atoms with Gasteiger partial charge in [-0.15, -0.1) is 11.3 Å². The number of aryl methyl sites for hydroxylation is 1. The van der Waals surface area contributed by atoms with Crippen molar-refractivity contribution in [2.45, 2.75) is 38.8 Å². The molecule has 1 aromatic rings. The molecule has 2 unspecified atom stereocenters. The number of hydrogen-bond donors (Lipinski definition) is 2. The zero-order valence-electron chi connectivity index (χ0n) is 9.62. The Bertz CT molecular complexity index is 288. The van der Waals surface area contributed by atoms with Crippen LogP contribution in [0.1, 0.15) is 36.2 Å². The van der Waals surface area contributed by atoms with Crippen LogP contribution in [0.25, 0.3) is 0 Å². The first kappa shape index (κ1) is 12.6. The van der Waals surface area contributed by atoms with E-state index in [4.69, 9.17) is 10.6 Å². The number of methoxy groups -OCH3 is 1. The van der Waals surface area contributed by atoms with Crippen molar-refractivity contribution in [2.75, 3.05) is 7.11 Å². The molecule has 0 saturated heterocycles. The molecule has 15 heavy (non-hydrogen) atoms. The van der Waals surface area contributed by atoms with Gasteiger partial charge in [0.05, 0.1) is 6.10 Å². The van der Waals surface area contributed by atoms with Gasteiger partial charge in [0.1, 0.15) is 0 Å². The highest BCUT2D eigenvalue weighted by Crippen LogP contribution is 2.24. The third kappa shape index (κ3) is 3.91.